The lowest BCUT2D eigenvalue weighted by Crippen LogP contribution is -2.34. The Kier molecular flexibility index (Phi) is 6.48. The predicted molar refractivity (Wildman–Crippen MR) is 94.8 cm³/mol. The van der Waals surface area contributed by atoms with Crippen molar-refractivity contribution in [2.45, 2.75) is 18.2 Å². The first-order valence-corrected chi connectivity index (χ1v) is 9.76. The van der Waals surface area contributed by atoms with E-state index in [1.54, 1.807) is 23.6 Å². The van der Waals surface area contributed by atoms with Gasteiger partial charge in [-0.05, 0) is 12.1 Å². The lowest BCUT2D eigenvalue weighted by molar-refractivity contribution is -0.121. The van der Waals surface area contributed by atoms with Crippen LogP contribution in [0.1, 0.15) is 12.6 Å². The number of carbonyl (C=O) groups is 2. The van der Waals surface area contributed by atoms with Crippen molar-refractivity contribution in [1.29, 1.82) is 0 Å². The fourth-order valence-corrected chi connectivity index (χ4v) is 3.86. The molecule has 0 bridgehead atoms. The highest BCUT2D eigenvalue weighted by atomic mass is 32.2. The molecule has 8 nitrogen and oxygen atoms in total. The van der Waals surface area contributed by atoms with Crippen LogP contribution in [0.2, 0.25) is 0 Å². The summed E-state index contributed by atoms with van der Waals surface area (Å²) in [6.07, 6.45) is 0.0314. The van der Waals surface area contributed by atoms with Crippen LogP contribution in [0.4, 0.5) is 5.13 Å². The smallest absolute Gasteiger partial charge is 0.263 e. The summed E-state index contributed by atoms with van der Waals surface area (Å²) in [5.41, 5.74) is 0.466. The molecule has 0 aliphatic heterocycles. The summed E-state index contributed by atoms with van der Waals surface area (Å²) in [4.78, 5) is 26.7. The zero-order valence-electron chi connectivity index (χ0n) is 13.5. The van der Waals surface area contributed by atoms with Crippen LogP contribution in [0.15, 0.2) is 40.6 Å². The normalized spacial score (nSPS) is 10.9. The van der Waals surface area contributed by atoms with Crippen molar-refractivity contribution >= 4 is 38.3 Å². The number of nitrogens with one attached hydrogen (secondary N) is 3. The van der Waals surface area contributed by atoms with E-state index < -0.39 is 10.0 Å². The Bertz CT molecular complexity index is 834. The number of aromatic nitrogens is 1. The van der Waals surface area contributed by atoms with E-state index in [9.17, 15) is 18.0 Å². The van der Waals surface area contributed by atoms with Crippen molar-refractivity contribution in [1.82, 2.24) is 15.6 Å². The molecule has 0 aliphatic carbocycles. The highest BCUT2D eigenvalue weighted by Crippen LogP contribution is 2.20. The molecule has 134 valence electrons. The summed E-state index contributed by atoms with van der Waals surface area (Å²) in [6, 6.07) is 7.96. The molecule has 0 saturated heterocycles. The van der Waals surface area contributed by atoms with Gasteiger partial charge in [-0.3, -0.25) is 14.3 Å². The quantitative estimate of drug-likeness (QED) is 0.582. The van der Waals surface area contributed by atoms with Gasteiger partial charge in [-0.15, -0.1) is 11.3 Å². The topological polar surface area (TPSA) is 117 Å². The molecule has 1 aromatic carbocycles. The first-order chi connectivity index (χ1) is 11.9. The second-order valence-corrected chi connectivity index (χ2v) is 7.61. The number of carbonyl (C=O) groups excluding carboxylic acids is 2. The second-order valence-electron chi connectivity index (χ2n) is 5.07. The van der Waals surface area contributed by atoms with E-state index in [1.807, 2.05) is 0 Å². The summed E-state index contributed by atoms with van der Waals surface area (Å²) < 4.78 is 26.8. The van der Waals surface area contributed by atoms with Gasteiger partial charge in [0.1, 0.15) is 0 Å². The van der Waals surface area contributed by atoms with Crippen LogP contribution in [0.25, 0.3) is 0 Å². The number of hydrogen-bond donors (Lipinski definition) is 3. The molecule has 0 unspecified atom stereocenters. The first kappa shape index (κ1) is 18.9. The third-order valence-corrected chi connectivity index (χ3v) is 5.28. The SMILES string of the molecule is CC(=O)NCCNC(=O)Cc1csc(NS(=O)(=O)c2ccccc2)n1. The number of thiazole rings is 1. The van der Waals surface area contributed by atoms with Gasteiger partial charge in [0.2, 0.25) is 11.8 Å². The monoisotopic (exact) mass is 382 g/mol. The zero-order chi connectivity index (χ0) is 18.3. The van der Waals surface area contributed by atoms with E-state index >= 15 is 0 Å². The fraction of sp³-hybridized carbons (Fsp3) is 0.267. The van der Waals surface area contributed by atoms with Crippen molar-refractivity contribution in [2.24, 2.45) is 0 Å². The van der Waals surface area contributed by atoms with E-state index in [4.69, 9.17) is 0 Å². The van der Waals surface area contributed by atoms with Crippen molar-refractivity contribution < 1.29 is 18.0 Å². The second kappa shape index (κ2) is 8.58. The van der Waals surface area contributed by atoms with Gasteiger partial charge in [-0.25, -0.2) is 13.4 Å². The Labute approximate surface area is 149 Å². The van der Waals surface area contributed by atoms with Gasteiger partial charge in [-0.1, -0.05) is 18.2 Å². The lowest BCUT2D eigenvalue weighted by atomic mass is 10.3. The third kappa shape index (κ3) is 6.16. The van der Waals surface area contributed by atoms with E-state index in [0.717, 1.165) is 11.3 Å². The summed E-state index contributed by atoms with van der Waals surface area (Å²) >= 11 is 1.11. The van der Waals surface area contributed by atoms with Gasteiger partial charge >= 0.3 is 0 Å². The number of nitrogens with zero attached hydrogens (tertiary/aromatic N) is 1. The van der Waals surface area contributed by atoms with Crippen LogP contribution in [-0.2, 0) is 26.0 Å². The summed E-state index contributed by atoms with van der Waals surface area (Å²) in [7, 11) is -3.70. The predicted octanol–water partition coefficient (Wildman–Crippen LogP) is 0.739. The highest BCUT2D eigenvalue weighted by Gasteiger charge is 2.16. The van der Waals surface area contributed by atoms with Crippen LogP contribution in [0.5, 0.6) is 0 Å². The molecule has 0 spiro atoms. The number of hydrogen-bond acceptors (Lipinski definition) is 6. The van der Waals surface area contributed by atoms with Gasteiger partial charge in [0.25, 0.3) is 10.0 Å². The summed E-state index contributed by atoms with van der Waals surface area (Å²) in [5.74, 6) is -0.419. The number of benzene rings is 1. The highest BCUT2D eigenvalue weighted by molar-refractivity contribution is 7.93. The fourth-order valence-electron chi connectivity index (χ4n) is 1.88. The molecule has 25 heavy (non-hydrogen) atoms. The average molecular weight is 382 g/mol. The summed E-state index contributed by atoms with van der Waals surface area (Å²) in [6.45, 7) is 2.06. The zero-order valence-corrected chi connectivity index (χ0v) is 15.1. The van der Waals surface area contributed by atoms with Crippen molar-refractivity contribution in [3.63, 3.8) is 0 Å². The largest absolute Gasteiger partial charge is 0.355 e. The van der Waals surface area contributed by atoms with Gasteiger partial charge in [-0.2, -0.15) is 0 Å². The third-order valence-electron chi connectivity index (χ3n) is 2.99. The van der Waals surface area contributed by atoms with Crippen molar-refractivity contribution in [3.05, 3.63) is 41.4 Å². The molecule has 0 fully saturated rings. The Morgan fingerprint density at radius 3 is 2.48 bits per heavy atom. The Morgan fingerprint density at radius 2 is 1.80 bits per heavy atom. The van der Waals surface area contributed by atoms with Gasteiger partial charge in [0.15, 0.2) is 5.13 Å². The van der Waals surface area contributed by atoms with E-state index in [-0.39, 0.29) is 28.3 Å². The minimum atomic E-state index is -3.70. The van der Waals surface area contributed by atoms with Crippen molar-refractivity contribution in [2.75, 3.05) is 17.8 Å². The molecule has 3 N–H and O–H groups in total. The number of amides is 2. The van der Waals surface area contributed by atoms with Crippen LogP contribution < -0.4 is 15.4 Å². The molecule has 2 amide bonds. The van der Waals surface area contributed by atoms with Crippen LogP contribution in [0, 0.1) is 0 Å². The van der Waals surface area contributed by atoms with E-state index in [2.05, 4.69) is 20.3 Å². The van der Waals surface area contributed by atoms with Gasteiger partial charge < -0.3 is 10.6 Å². The number of anilines is 1. The molecule has 0 saturated carbocycles. The van der Waals surface area contributed by atoms with E-state index in [0.29, 0.717) is 18.8 Å². The molecule has 1 heterocycles. The molecule has 0 aliphatic rings. The Balaban J connectivity index is 1.88. The van der Waals surface area contributed by atoms with Crippen LogP contribution >= 0.6 is 11.3 Å². The molecule has 2 rings (SSSR count). The van der Waals surface area contributed by atoms with Crippen LogP contribution in [0.3, 0.4) is 0 Å². The summed E-state index contributed by atoms with van der Waals surface area (Å²) in [5, 5.41) is 7.03. The maximum atomic E-state index is 12.2. The average Bonchev–Trinajstić information content (AvgIpc) is 2.98. The molecule has 2 aromatic rings. The molecule has 0 atom stereocenters. The standard InChI is InChI=1S/C15H18N4O4S2/c1-11(20)16-7-8-17-14(21)9-12-10-24-15(18-12)19-25(22,23)13-5-3-2-4-6-13/h2-6,10H,7-9H2,1H3,(H,16,20)(H,17,21)(H,18,19). The van der Waals surface area contributed by atoms with Crippen LogP contribution in [-0.4, -0.2) is 38.3 Å². The number of rotatable bonds is 8. The molecular weight excluding hydrogens is 364 g/mol. The van der Waals surface area contributed by atoms with Crippen molar-refractivity contribution in [3.8, 4) is 0 Å². The first-order valence-electron chi connectivity index (χ1n) is 7.40. The maximum Gasteiger partial charge on any atom is 0.263 e. The van der Waals surface area contributed by atoms with Gasteiger partial charge in [0.05, 0.1) is 17.0 Å². The van der Waals surface area contributed by atoms with Gasteiger partial charge in [0, 0.05) is 25.4 Å². The Hall–Kier alpha value is -2.46. The lowest BCUT2D eigenvalue weighted by Gasteiger charge is -2.05. The molecule has 1 aromatic heterocycles. The minimum Gasteiger partial charge on any atom is -0.355 e. The molecule has 10 heteroatoms. The maximum absolute atomic E-state index is 12.2. The number of sulfonamides is 1. The molecule has 0 radical (unpaired) electrons. The molecular formula is C15H18N4O4S2. The van der Waals surface area contributed by atoms with E-state index in [1.165, 1.54) is 19.1 Å². The Morgan fingerprint density at radius 1 is 1.12 bits per heavy atom. The minimum absolute atomic E-state index is 0.0314.